The molecule has 4 aromatic carbocycles. The molecule has 9 aromatic heterocycles. The predicted octanol–water partition coefficient (Wildman–Crippen LogP) is 12.3. The van der Waals surface area contributed by atoms with Gasteiger partial charge < -0.3 is 0 Å². The first kappa shape index (κ1) is 35.0. The first-order valence-corrected chi connectivity index (χ1v) is 20.9. The van der Waals surface area contributed by atoms with E-state index in [0.29, 0.717) is 0 Å². The van der Waals surface area contributed by atoms with Crippen molar-refractivity contribution < 1.29 is 0 Å². The third kappa shape index (κ3) is 5.50. The number of aromatic nitrogens is 9. The number of benzene rings is 4. The minimum Gasteiger partial charge on any atom is -0.292 e. The Kier molecular flexibility index (Phi) is 7.70. The highest BCUT2D eigenvalue weighted by atomic mass is 15.1. The molecule has 0 atom stereocenters. The average molecular weight is 808 g/mol. The second kappa shape index (κ2) is 13.9. The first-order chi connectivity index (χ1) is 31.2. The molecule has 0 saturated heterocycles. The Morgan fingerprint density at radius 2 is 0.571 bits per heavy atom. The Bertz CT molecular complexity index is 3370. The topological polar surface area (TPSA) is 92.1 Å². The van der Waals surface area contributed by atoms with Crippen LogP contribution in [-0.2, 0) is 0 Å². The van der Waals surface area contributed by atoms with E-state index in [1.807, 2.05) is 36.8 Å². The predicted molar refractivity (Wildman–Crippen MR) is 253 cm³/mol. The van der Waals surface area contributed by atoms with Gasteiger partial charge in [-0.1, -0.05) is 72.8 Å². The van der Waals surface area contributed by atoms with Crippen molar-refractivity contribution in [2.75, 3.05) is 0 Å². The van der Waals surface area contributed by atoms with Crippen LogP contribution in [0.1, 0.15) is 0 Å². The Labute approximate surface area is 359 Å². The largest absolute Gasteiger partial charge is 0.292 e. The Morgan fingerprint density at radius 1 is 0.270 bits per heavy atom. The van der Waals surface area contributed by atoms with E-state index >= 15 is 0 Å². The van der Waals surface area contributed by atoms with Crippen LogP contribution >= 0.6 is 0 Å². The van der Waals surface area contributed by atoms with Gasteiger partial charge in [0.25, 0.3) is 0 Å². The van der Waals surface area contributed by atoms with Gasteiger partial charge in [-0.05, 0) is 109 Å². The first-order valence-electron chi connectivity index (χ1n) is 20.9. The SMILES string of the molecule is c1cc(-c2cc(-c3cccc(-n4c5ccccc5c5ncccc54)n3)cc(-c3cccc(-n4c5ccccc5c5ncccc54)n3)c2)nc(-n2c3ccccc3c3ncccc32)c1. The summed E-state index contributed by atoms with van der Waals surface area (Å²) in [7, 11) is 0. The van der Waals surface area contributed by atoms with Gasteiger partial charge in [-0.3, -0.25) is 28.7 Å². The Morgan fingerprint density at radius 3 is 0.905 bits per heavy atom. The summed E-state index contributed by atoms with van der Waals surface area (Å²) in [6.07, 6.45) is 5.54. The van der Waals surface area contributed by atoms with E-state index < -0.39 is 0 Å². The number of pyridine rings is 6. The van der Waals surface area contributed by atoms with Gasteiger partial charge in [0.2, 0.25) is 0 Å². The monoisotopic (exact) mass is 807 g/mol. The summed E-state index contributed by atoms with van der Waals surface area (Å²) in [5.41, 5.74) is 14.2. The third-order valence-corrected chi connectivity index (χ3v) is 12.0. The smallest absolute Gasteiger partial charge is 0.138 e. The summed E-state index contributed by atoms with van der Waals surface area (Å²) >= 11 is 0. The standard InChI is InChI=1S/C54H33N9/c1-4-19-43-37(13-1)52-46(22-10-28-55-52)61(43)49-25-7-16-40(58-49)34-31-35(41-17-8-26-50(59-41)62-44-20-5-2-14-38(44)53-47(62)23-11-29-56-53)33-36(32-34)42-18-9-27-51(60-42)63-45-21-6-3-15-39(45)54-48(63)24-12-30-57-54/h1-33H. The zero-order chi connectivity index (χ0) is 41.4. The zero-order valence-electron chi connectivity index (χ0n) is 33.6. The second-order valence-electron chi connectivity index (χ2n) is 15.6. The zero-order valence-corrected chi connectivity index (χ0v) is 33.6. The lowest BCUT2D eigenvalue weighted by Crippen LogP contribution is -2.01. The van der Waals surface area contributed by atoms with Crippen LogP contribution in [0.5, 0.6) is 0 Å². The fourth-order valence-corrected chi connectivity index (χ4v) is 9.29. The van der Waals surface area contributed by atoms with Crippen LogP contribution in [0.15, 0.2) is 201 Å². The summed E-state index contributed by atoms with van der Waals surface area (Å²) in [6, 6.07) is 62.5. The number of nitrogens with zero attached hydrogens (tertiary/aromatic N) is 9. The van der Waals surface area contributed by atoms with Crippen molar-refractivity contribution in [1.29, 1.82) is 0 Å². The van der Waals surface area contributed by atoms with Gasteiger partial charge in [0.05, 0.1) is 66.7 Å². The molecular weight excluding hydrogens is 775 g/mol. The van der Waals surface area contributed by atoms with Gasteiger partial charge in [-0.2, -0.15) is 0 Å². The summed E-state index contributed by atoms with van der Waals surface area (Å²) in [5.74, 6) is 2.41. The molecule has 13 rings (SSSR count). The Balaban J connectivity index is 1.01. The second-order valence-corrected chi connectivity index (χ2v) is 15.6. The molecule has 9 nitrogen and oxygen atoms in total. The van der Waals surface area contributed by atoms with E-state index in [9.17, 15) is 0 Å². The summed E-state index contributed by atoms with van der Waals surface area (Å²) in [6.45, 7) is 0. The number of para-hydroxylation sites is 3. The molecule has 0 fully saturated rings. The van der Waals surface area contributed by atoms with Gasteiger partial charge >= 0.3 is 0 Å². The van der Waals surface area contributed by atoms with Crippen LogP contribution in [0.4, 0.5) is 0 Å². The molecule has 0 N–H and O–H groups in total. The van der Waals surface area contributed by atoms with Crippen molar-refractivity contribution in [1.82, 2.24) is 43.6 Å². The molecule has 294 valence electrons. The van der Waals surface area contributed by atoms with Gasteiger partial charge in [0, 0.05) is 51.4 Å². The third-order valence-electron chi connectivity index (χ3n) is 12.0. The van der Waals surface area contributed by atoms with E-state index in [2.05, 4.69) is 177 Å². The highest BCUT2D eigenvalue weighted by molar-refractivity contribution is 6.08. The van der Waals surface area contributed by atoms with Crippen LogP contribution in [0.2, 0.25) is 0 Å². The minimum absolute atomic E-state index is 0.804. The van der Waals surface area contributed by atoms with Crippen molar-refractivity contribution in [3.63, 3.8) is 0 Å². The highest BCUT2D eigenvalue weighted by Gasteiger charge is 2.19. The molecule has 0 bridgehead atoms. The van der Waals surface area contributed by atoms with Crippen LogP contribution in [-0.4, -0.2) is 43.6 Å². The fourth-order valence-electron chi connectivity index (χ4n) is 9.29. The molecule has 0 unspecified atom stereocenters. The van der Waals surface area contributed by atoms with Gasteiger partial charge in [-0.25, -0.2) is 15.0 Å². The molecular formula is C54H33N9. The van der Waals surface area contributed by atoms with Crippen molar-refractivity contribution in [2.24, 2.45) is 0 Å². The maximum Gasteiger partial charge on any atom is 0.138 e. The molecule has 9 heterocycles. The lowest BCUT2D eigenvalue weighted by molar-refractivity contribution is 1.08. The number of hydrogen-bond acceptors (Lipinski definition) is 6. The van der Waals surface area contributed by atoms with Gasteiger partial charge in [0.1, 0.15) is 17.5 Å². The molecule has 0 radical (unpaired) electrons. The molecule has 0 aliphatic carbocycles. The number of rotatable bonds is 6. The summed E-state index contributed by atoms with van der Waals surface area (Å²) in [5, 5.41) is 3.25. The molecule has 13 aromatic rings. The van der Waals surface area contributed by atoms with Crippen molar-refractivity contribution in [3.05, 3.63) is 201 Å². The van der Waals surface area contributed by atoms with Crippen LogP contribution in [0.3, 0.4) is 0 Å². The molecule has 0 amide bonds. The average Bonchev–Trinajstić information content (AvgIpc) is 4.00. The molecule has 9 heteroatoms. The number of hydrogen-bond donors (Lipinski definition) is 0. The van der Waals surface area contributed by atoms with Crippen molar-refractivity contribution in [3.8, 4) is 51.2 Å². The van der Waals surface area contributed by atoms with Crippen molar-refractivity contribution >= 4 is 65.8 Å². The van der Waals surface area contributed by atoms with E-state index in [1.54, 1.807) is 0 Å². The van der Waals surface area contributed by atoms with Crippen molar-refractivity contribution in [2.45, 2.75) is 0 Å². The quantitative estimate of drug-likeness (QED) is 0.166. The fraction of sp³-hybridized carbons (Fsp3) is 0. The van der Waals surface area contributed by atoms with Gasteiger partial charge in [0.15, 0.2) is 0 Å². The van der Waals surface area contributed by atoms with Crippen LogP contribution in [0, 0.1) is 0 Å². The Hall–Kier alpha value is -8.82. The van der Waals surface area contributed by atoms with Crippen LogP contribution < -0.4 is 0 Å². The lowest BCUT2D eigenvalue weighted by Gasteiger charge is -2.14. The summed E-state index contributed by atoms with van der Waals surface area (Å²) in [4.78, 5) is 30.5. The molecule has 0 aliphatic rings. The maximum atomic E-state index is 5.38. The van der Waals surface area contributed by atoms with Crippen LogP contribution in [0.25, 0.3) is 117 Å². The molecule has 0 saturated carbocycles. The summed E-state index contributed by atoms with van der Waals surface area (Å²) < 4.78 is 6.59. The van der Waals surface area contributed by atoms with E-state index in [-0.39, 0.29) is 0 Å². The maximum absolute atomic E-state index is 5.38. The molecule has 63 heavy (non-hydrogen) atoms. The molecule has 0 spiro atoms. The lowest BCUT2D eigenvalue weighted by atomic mass is 9.98. The highest BCUT2D eigenvalue weighted by Crippen LogP contribution is 2.37. The van der Waals surface area contributed by atoms with E-state index in [1.165, 1.54) is 0 Å². The number of fused-ring (bicyclic) bond motifs is 9. The van der Waals surface area contributed by atoms with E-state index in [4.69, 9.17) is 29.9 Å². The normalized spacial score (nSPS) is 11.8. The van der Waals surface area contributed by atoms with E-state index in [0.717, 1.165) is 117 Å². The molecule has 0 aliphatic heterocycles. The van der Waals surface area contributed by atoms with Gasteiger partial charge in [-0.15, -0.1) is 0 Å². The minimum atomic E-state index is 0.804.